The second-order valence-electron chi connectivity index (χ2n) is 5.08. The maximum atomic E-state index is 11.9. The third-order valence-electron chi connectivity index (χ3n) is 3.39. The zero-order chi connectivity index (χ0) is 14.6. The molecule has 3 nitrogen and oxygen atoms in total. The largest absolute Gasteiger partial charge is 0.356 e. The molecule has 1 amide bonds. The van der Waals surface area contributed by atoms with E-state index >= 15 is 0 Å². The van der Waals surface area contributed by atoms with Crippen LogP contribution >= 0.6 is 0 Å². The molecule has 1 N–H and O–H groups in total. The van der Waals surface area contributed by atoms with Crippen molar-refractivity contribution in [1.29, 1.82) is 5.26 Å². The van der Waals surface area contributed by atoms with Gasteiger partial charge in [-0.3, -0.25) is 4.79 Å². The standard InChI is InChI=1S/C17H24N2O/c1-2-3-4-8-13-19-17(20)14-16(11-12-18)15-9-6-5-7-10-15/h5-7,9-10,16H,2-4,8,11,13-14H2,1H3,(H,19,20)/t16-/m0/s1. The summed E-state index contributed by atoms with van der Waals surface area (Å²) >= 11 is 0. The monoisotopic (exact) mass is 272 g/mol. The topological polar surface area (TPSA) is 52.9 Å². The van der Waals surface area contributed by atoms with Gasteiger partial charge >= 0.3 is 0 Å². The number of rotatable bonds is 9. The molecule has 0 fully saturated rings. The summed E-state index contributed by atoms with van der Waals surface area (Å²) in [6.45, 7) is 2.91. The van der Waals surface area contributed by atoms with Crippen LogP contribution in [0.3, 0.4) is 0 Å². The van der Waals surface area contributed by atoms with Gasteiger partial charge in [0.25, 0.3) is 0 Å². The highest BCUT2D eigenvalue weighted by Gasteiger charge is 2.15. The van der Waals surface area contributed by atoms with Crippen LogP contribution in [0.25, 0.3) is 0 Å². The second kappa shape index (κ2) is 10.0. The number of benzene rings is 1. The fourth-order valence-electron chi connectivity index (χ4n) is 2.22. The molecule has 0 aliphatic rings. The molecule has 1 aromatic carbocycles. The molecule has 0 bridgehead atoms. The van der Waals surface area contributed by atoms with Gasteiger partial charge in [0.15, 0.2) is 0 Å². The number of nitriles is 1. The molecule has 1 atom stereocenters. The van der Waals surface area contributed by atoms with Gasteiger partial charge < -0.3 is 5.32 Å². The molecule has 20 heavy (non-hydrogen) atoms. The Bertz CT molecular complexity index is 422. The van der Waals surface area contributed by atoms with Crippen molar-refractivity contribution >= 4 is 5.91 Å². The summed E-state index contributed by atoms with van der Waals surface area (Å²) in [6, 6.07) is 12.0. The molecule has 0 spiro atoms. The lowest BCUT2D eigenvalue weighted by molar-refractivity contribution is -0.121. The highest BCUT2D eigenvalue weighted by Crippen LogP contribution is 2.22. The van der Waals surface area contributed by atoms with Gasteiger partial charge in [-0.15, -0.1) is 0 Å². The molecule has 0 aliphatic heterocycles. The summed E-state index contributed by atoms with van der Waals surface area (Å²) in [7, 11) is 0. The van der Waals surface area contributed by atoms with Crippen molar-refractivity contribution in [3.05, 3.63) is 35.9 Å². The van der Waals surface area contributed by atoms with E-state index in [1.54, 1.807) is 0 Å². The third kappa shape index (κ3) is 6.38. The summed E-state index contributed by atoms with van der Waals surface area (Å²) in [4.78, 5) is 11.9. The Morgan fingerprint density at radius 2 is 2.00 bits per heavy atom. The molecule has 0 saturated heterocycles. The number of carbonyl (C=O) groups is 1. The van der Waals surface area contributed by atoms with E-state index in [0.717, 1.165) is 24.9 Å². The smallest absolute Gasteiger partial charge is 0.220 e. The molecule has 0 aliphatic carbocycles. The van der Waals surface area contributed by atoms with E-state index in [0.29, 0.717) is 12.8 Å². The van der Waals surface area contributed by atoms with E-state index in [9.17, 15) is 4.79 Å². The highest BCUT2D eigenvalue weighted by atomic mass is 16.1. The molecule has 0 aromatic heterocycles. The molecular weight excluding hydrogens is 248 g/mol. The van der Waals surface area contributed by atoms with E-state index in [2.05, 4.69) is 18.3 Å². The van der Waals surface area contributed by atoms with Crippen LogP contribution < -0.4 is 5.32 Å². The van der Waals surface area contributed by atoms with E-state index in [-0.39, 0.29) is 11.8 Å². The van der Waals surface area contributed by atoms with Gasteiger partial charge in [0.1, 0.15) is 0 Å². The molecule has 0 heterocycles. The average Bonchev–Trinajstić information content (AvgIpc) is 2.47. The van der Waals surface area contributed by atoms with Gasteiger partial charge in [0.2, 0.25) is 5.91 Å². The minimum atomic E-state index is -0.00292. The lowest BCUT2D eigenvalue weighted by atomic mass is 9.93. The Balaban J connectivity index is 2.38. The van der Waals surface area contributed by atoms with Gasteiger partial charge in [0.05, 0.1) is 6.07 Å². The predicted molar refractivity (Wildman–Crippen MR) is 81.2 cm³/mol. The quantitative estimate of drug-likeness (QED) is 0.696. The lowest BCUT2D eigenvalue weighted by Crippen LogP contribution is -2.26. The number of nitrogens with one attached hydrogen (secondary N) is 1. The number of carbonyl (C=O) groups excluding carboxylic acids is 1. The van der Waals surface area contributed by atoms with E-state index in [1.807, 2.05) is 30.3 Å². The molecule has 108 valence electrons. The van der Waals surface area contributed by atoms with Crippen LogP contribution in [0, 0.1) is 11.3 Å². The first-order valence-electron chi connectivity index (χ1n) is 7.46. The Hall–Kier alpha value is -1.82. The van der Waals surface area contributed by atoms with Crippen molar-refractivity contribution in [1.82, 2.24) is 5.32 Å². The second-order valence-corrected chi connectivity index (χ2v) is 5.08. The lowest BCUT2D eigenvalue weighted by Gasteiger charge is -2.14. The first-order chi connectivity index (χ1) is 9.77. The van der Waals surface area contributed by atoms with Crippen LogP contribution in [0.2, 0.25) is 0 Å². The molecule has 3 heteroatoms. The van der Waals surface area contributed by atoms with Crippen LogP contribution in [0.4, 0.5) is 0 Å². The van der Waals surface area contributed by atoms with Crippen LogP contribution in [0.1, 0.15) is 56.9 Å². The van der Waals surface area contributed by atoms with Gasteiger partial charge in [-0.2, -0.15) is 5.26 Å². The van der Waals surface area contributed by atoms with Crippen molar-refractivity contribution in [2.24, 2.45) is 0 Å². The fourth-order valence-corrected chi connectivity index (χ4v) is 2.22. The Kier molecular flexibility index (Phi) is 8.14. The fraction of sp³-hybridized carbons (Fsp3) is 0.529. The van der Waals surface area contributed by atoms with Gasteiger partial charge in [0, 0.05) is 25.3 Å². The summed E-state index contributed by atoms with van der Waals surface area (Å²) in [5, 5.41) is 11.9. The highest BCUT2D eigenvalue weighted by molar-refractivity contribution is 5.76. The Morgan fingerprint density at radius 3 is 2.65 bits per heavy atom. The van der Waals surface area contributed by atoms with Crippen molar-refractivity contribution in [2.45, 2.75) is 51.4 Å². The summed E-state index contributed by atoms with van der Waals surface area (Å²) in [5.74, 6) is 0.0439. The molecule has 0 saturated carbocycles. The predicted octanol–water partition coefficient (Wildman–Crippen LogP) is 3.77. The van der Waals surface area contributed by atoms with Crippen LogP contribution in [-0.4, -0.2) is 12.5 Å². The van der Waals surface area contributed by atoms with Crippen molar-refractivity contribution in [2.75, 3.05) is 6.54 Å². The van der Waals surface area contributed by atoms with Crippen molar-refractivity contribution in [3.63, 3.8) is 0 Å². The van der Waals surface area contributed by atoms with Crippen molar-refractivity contribution in [3.8, 4) is 6.07 Å². The Labute approximate surface area is 122 Å². The normalized spacial score (nSPS) is 11.6. The van der Waals surface area contributed by atoms with Gasteiger partial charge in [-0.25, -0.2) is 0 Å². The minimum absolute atomic E-state index is 0.00292. The summed E-state index contributed by atoms with van der Waals surface area (Å²) < 4.78 is 0. The molecule has 0 radical (unpaired) electrons. The molecule has 1 rings (SSSR count). The number of hydrogen-bond donors (Lipinski definition) is 1. The maximum Gasteiger partial charge on any atom is 0.220 e. The van der Waals surface area contributed by atoms with Crippen LogP contribution in [0.15, 0.2) is 30.3 Å². The zero-order valence-electron chi connectivity index (χ0n) is 12.3. The molecule has 1 aromatic rings. The first kappa shape index (κ1) is 16.2. The van der Waals surface area contributed by atoms with E-state index in [4.69, 9.17) is 5.26 Å². The van der Waals surface area contributed by atoms with Crippen LogP contribution in [-0.2, 0) is 4.79 Å². The average molecular weight is 272 g/mol. The van der Waals surface area contributed by atoms with Crippen LogP contribution in [0.5, 0.6) is 0 Å². The maximum absolute atomic E-state index is 11.9. The Morgan fingerprint density at radius 1 is 1.25 bits per heavy atom. The van der Waals surface area contributed by atoms with Gasteiger partial charge in [-0.1, -0.05) is 56.5 Å². The SMILES string of the molecule is CCCCCCNC(=O)C[C@H](CC#N)c1ccccc1. The van der Waals surface area contributed by atoms with Crippen molar-refractivity contribution < 1.29 is 4.79 Å². The molecular formula is C17H24N2O. The number of amides is 1. The minimum Gasteiger partial charge on any atom is -0.356 e. The third-order valence-corrected chi connectivity index (χ3v) is 3.39. The number of unbranched alkanes of at least 4 members (excludes halogenated alkanes) is 3. The number of hydrogen-bond acceptors (Lipinski definition) is 2. The number of nitrogens with zero attached hydrogens (tertiary/aromatic N) is 1. The molecule has 0 unspecified atom stereocenters. The zero-order valence-corrected chi connectivity index (χ0v) is 12.3. The van der Waals surface area contributed by atoms with E-state index in [1.165, 1.54) is 12.8 Å². The first-order valence-corrected chi connectivity index (χ1v) is 7.46. The van der Waals surface area contributed by atoms with Gasteiger partial charge in [-0.05, 0) is 12.0 Å². The summed E-state index contributed by atoms with van der Waals surface area (Å²) in [5.41, 5.74) is 1.06. The van der Waals surface area contributed by atoms with E-state index < -0.39 is 0 Å². The summed E-state index contributed by atoms with van der Waals surface area (Å²) in [6.07, 6.45) is 5.40.